The van der Waals surface area contributed by atoms with Gasteiger partial charge in [-0.15, -0.1) is 0 Å². The van der Waals surface area contributed by atoms with Crippen LogP contribution in [0.1, 0.15) is 11.1 Å². The molecular formula is C21H24FN3O3. The van der Waals surface area contributed by atoms with E-state index >= 15 is 0 Å². The highest BCUT2D eigenvalue weighted by Gasteiger charge is 2.23. The van der Waals surface area contributed by atoms with E-state index in [1.54, 1.807) is 26.2 Å². The Morgan fingerprint density at radius 3 is 2.50 bits per heavy atom. The lowest BCUT2D eigenvalue weighted by Crippen LogP contribution is -2.40. The highest BCUT2D eigenvalue weighted by atomic mass is 19.1. The van der Waals surface area contributed by atoms with Crippen molar-refractivity contribution in [2.24, 2.45) is 4.99 Å². The van der Waals surface area contributed by atoms with Gasteiger partial charge in [0.05, 0.1) is 27.0 Å². The van der Waals surface area contributed by atoms with Crippen molar-refractivity contribution in [2.75, 3.05) is 21.3 Å². The van der Waals surface area contributed by atoms with Crippen LogP contribution in [0.25, 0.3) is 0 Å². The molecule has 0 spiro atoms. The Hall–Kier alpha value is -3.06. The summed E-state index contributed by atoms with van der Waals surface area (Å²) >= 11 is 0. The highest BCUT2D eigenvalue weighted by Crippen LogP contribution is 2.20. The SMILES string of the molecule is COc1ccc(CNC2=C(F)C=NC(OCc3cccc(OC)c3)N2C)cc1. The molecule has 1 atom stereocenters. The van der Waals surface area contributed by atoms with Crippen molar-refractivity contribution in [1.29, 1.82) is 0 Å². The maximum Gasteiger partial charge on any atom is 0.229 e. The first-order valence-electron chi connectivity index (χ1n) is 8.88. The fourth-order valence-electron chi connectivity index (χ4n) is 2.80. The van der Waals surface area contributed by atoms with E-state index in [9.17, 15) is 4.39 Å². The maximum atomic E-state index is 14.3. The number of hydrogen-bond donors (Lipinski definition) is 1. The van der Waals surface area contributed by atoms with E-state index in [0.29, 0.717) is 19.0 Å². The second-order valence-electron chi connectivity index (χ2n) is 6.28. The quantitative estimate of drug-likeness (QED) is 0.754. The summed E-state index contributed by atoms with van der Waals surface area (Å²) in [6.45, 7) is 0.796. The van der Waals surface area contributed by atoms with Crippen molar-refractivity contribution in [3.8, 4) is 11.5 Å². The molecule has 1 aliphatic rings. The fraction of sp³-hybridized carbons (Fsp3) is 0.286. The van der Waals surface area contributed by atoms with Crippen molar-refractivity contribution in [1.82, 2.24) is 10.2 Å². The Labute approximate surface area is 164 Å². The molecule has 0 saturated heterocycles. The standard InChI is InChI=1S/C21H24FN3O3/c1-25-20(23-12-15-7-9-17(26-2)10-8-15)19(22)13-24-21(25)28-14-16-5-4-6-18(11-16)27-3/h4-11,13,21,23H,12,14H2,1-3H3. The lowest BCUT2D eigenvalue weighted by atomic mass is 10.2. The summed E-state index contributed by atoms with van der Waals surface area (Å²) in [5, 5.41) is 3.12. The Balaban J connectivity index is 1.59. The smallest absolute Gasteiger partial charge is 0.229 e. The molecule has 148 valence electrons. The van der Waals surface area contributed by atoms with Crippen LogP contribution < -0.4 is 14.8 Å². The molecule has 0 fully saturated rings. The molecule has 3 rings (SSSR count). The van der Waals surface area contributed by atoms with Crippen LogP contribution in [0.5, 0.6) is 11.5 Å². The molecule has 0 radical (unpaired) electrons. The van der Waals surface area contributed by atoms with Gasteiger partial charge >= 0.3 is 0 Å². The molecule has 6 nitrogen and oxygen atoms in total. The van der Waals surface area contributed by atoms with Gasteiger partial charge in [-0.1, -0.05) is 24.3 Å². The number of methoxy groups -OCH3 is 2. The van der Waals surface area contributed by atoms with Gasteiger partial charge in [0, 0.05) is 13.6 Å². The number of nitrogens with one attached hydrogen (secondary N) is 1. The number of allylic oxidation sites excluding steroid dienone is 1. The van der Waals surface area contributed by atoms with Crippen LogP contribution in [0.4, 0.5) is 4.39 Å². The first-order chi connectivity index (χ1) is 13.6. The zero-order chi connectivity index (χ0) is 19.9. The van der Waals surface area contributed by atoms with Crippen LogP contribution >= 0.6 is 0 Å². The largest absolute Gasteiger partial charge is 0.497 e. The third-order valence-corrected chi connectivity index (χ3v) is 4.38. The predicted molar refractivity (Wildman–Crippen MR) is 106 cm³/mol. The van der Waals surface area contributed by atoms with Gasteiger partial charge in [0.2, 0.25) is 6.35 Å². The molecule has 1 N–H and O–H groups in total. The fourth-order valence-corrected chi connectivity index (χ4v) is 2.80. The van der Waals surface area contributed by atoms with Crippen molar-refractivity contribution in [3.63, 3.8) is 0 Å². The third kappa shape index (κ3) is 4.80. The van der Waals surface area contributed by atoms with Gasteiger partial charge in [-0.2, -0.15) is 0 Å². The predicted octanol–water partition coefficient (Wildman–Crippen LogP) is 3.45. The molecule has 0 amide bonds. The minimum atomic E-state index is -0.621. The van der Waals surface area contributed by atoms with Crippen molar-refractivity contribution < 1.29 is 18.6 Å². The molecular weight excluding hydrogens is 361 g/mol. The van der Waals surface area contributed by atoms with Gasteiger partial charge in [0.25, 0.3) is 0 Å². The molecule has 0 aliphatic carbocycles. The first-order valence-corrected chi connectivity index (χ1v) is 8.88. The number of hydrogen-bond acceptors (Lipinski definition) is 6. The number of aliphatic imine (C=N–C) groups is 1. The van der Waals surface area contributed by atoms with Gasteiger partial charge in [0.1, 0.15) is 17.3 Å². The van der Waals surface area contributed by atoms with Gasteiger partial charge in [-0.05, 0) is 35.4 Å². The second-order valence-corrected chi connectivity index (χ2v) is 6.28. The number of ether oxygens (including phenoxy) is 3. The van der Waals surface area contributed by atoms with Crippen molar-refractivity contribution in [2.45, 2.75) is 19.5 Å². The van der Waals surface area contributed by atoms with Crippen LogP contribution in [-0.2, 0) is 17.9 Å². The van der Waals surface area contributed by atoms with E-state index in [-0.39, 0.29) is 0 Å². The van der Waals surface area contributed by atoms with Gasteiger partial charge in [-0.25, -0.2) is 9.38 Å². The Morgan fingerprint density at radius 1 is 1.04 bits per heavy atom. The summed E-state index contributed by atoms with van der Waals surface area (Å²) in [4.78, 5) is 5.77. The number of benzene rings is 2. The van der Waals surface area contributed by atoms with Crippen LogP contribution in [0.2, 0.25) is 0 Å². The Bertz CT molecular complexity index is 852. The van der Waals surface area contributed by atoms with Crippen molar-refractivity contribution in [3.05, 3.63) is 71.3 Å². The minimum Gasteiger partial charge on any atom is -0.497 e. The topological polar surface area (TPSA) is 55.3 Å². The van der Waals surface area contributed by atoms with Gasteiger partial charge < -0.3 is 24.4 Å². The summed E-state index contributed by atoms with van der Waals surface area (Å²) < 4.78 is 30.5. The van der Waals surface area contributed by atoms with E-state index in [1.807, 2.05) is 48.5 Å². The average Bonchev–Trinajstić information content (AvgIpc) is 2.73. The lowest BCUT2D eigenvalue weighted by Gasteiger charge is -2.32. The Morgan fingerprint density at radius 2 is 1.79 bits per heavy atom. The van der Waals surface area contributed by atoms with E-state index in [1.165, 1.54) is 6.21 Å². The monoisotopic (exact) mass is 385 g/mol. The lowest BCUT2D eigenvalue weighted by molar-refractivity contribution is -0.0414. The van der Waals surface area contributed by atoms with Crippen LogP contribution in [0.15, 0.2) is 65.2 Å². The molecule has 2 aromatic rings. The highest BCUT2D eigenvalue weighted by molar-refractivity contribution is 5.77. The van der Waals surface area contributed by atoms with E-state index in [4.69, 9.17) is 14.2 Å². The molecule has 0 saturated carbocycles. The molecule has 0 aromatic heterocycles. The van der Waals surface area contributed by atoms with E-state index in [0.717, 1.165) is 22.6 Å². The van der Waals surface area contributed by atoms with Crippen LogP contribution in [-0.4, -0.2) is 38.7 Å². The third-order valence-electron chi connectivity index (χ3n) is 4.38. The molecule has 2 aromatic carbocycles. The molecule has 1 unspecified atom stereocenters. The average molecular weight is 385 g/mol. The molecule has 0 bridgehead atoms. The van der Waals surface area contributed by atoms with Gasteiger partial charge in [0.15, 0.2) is 5.83 Å². The summed E-state index contributed by atoms with van der Waals surface area (Å²) in [7, 11) is 4.98. The van der Waals surface area contributed by atoms with E-state index in [2.05, 4.69) is 10.3 Å². The van der Waals surface area contributed by atoms with E-state index < -0.39 is 12.2 Å². The molecule has 7 heteroatoms. The maximum absolute atomic E-state index is 14.3. The minimum absolute atomic E-state index is 0.330. The van der Waals surface area contributed by atoms with Crippen molar-refractivity contribution >= 4 is 6.21 Å². The summed E-state index contributed by atoms with van der Waals surface area (Å²) in [5.74, 6) is 1.44. The summed E-state index contributed by atoms with van der Waals surface area (Å²) in [6, 6.07) is 15.2. The normalized spacial score (nSPS) is 16.3. The molecule has 1 aliphatic heterocycles. The van der Waals surface area contributed by atoms with Gasteiger partial charge in [-0.3, -0.25) is 0 Å². The van der Waals surface area contributed by atoms with Crippen LogP contribution in [0, 0.1) is 0 Å². The number of halogens is 1. The molecule has 28 heavy (non-hydrogen) atoms. The molecule has 1 heterocycles. The first kappa shape index (κ1) is 19.7. The Kier molecular flexibility index (Phi) is 6.49. The summed E-state index contributed by atoms with van der Waals surface area (Å²) in [6.07, 6.45) is 0.566. The zero-order valence-electron chi connectivity index (χ0n) is 16.2. The zero-order valence-corrected chi connectivity index (χ0v) is 16.2. The summed E-state index contributed by atoms with van der Waals surface area (Å²) in [5.41, 5.74) is 1.96. The number of rotatable bonds is 8. The second kappa shape index (κ2) is 9.23. The number of nitrogens with zero attached hydrogens (tertiary/aromatic N) is 2. The van der Waals surface area contributed by atoms with Crippen LogP contribution in [0.3, 0.4) is 0 Å².